The fourth-order valence-corrected chi connectivity index (χ4v) is 2.70. The molecule has 1 aromatic carbocycles. The summed E-state index contributed by atoms with van der Waals surface area (Å²) < 4.78 is 7.46. The second kappa shape index (κ2) is 5.15. The molecular formula is C15H19N3O. The average Bonchev–Trinajstić information content (AvgIpc) is 3.08. The number of benzene rings is 1. The molecule has 19 heavy (non-hydrogen) atoms. The molecule has 2 aromatic rings. The highest BCUT2D eigenvalue weighted by Gasteiger charge is 2.31. The maximum absolute atomic E-state index is 6.35. The maximum Gasteiger partial charge on any atom is 0.0645 e. The van der Waals surface area contributed by atoms with Gasteiger partial charge in [-0.3, -0.25) is 0 Å². The van der Waals surface area contributed by atoms with Gasteiger partial charge in [-0.15, -0.1) is 0 Å². The largest absolute Gasteiger partial charge is 0.378 e. The van der Waals surface area contributed by atoms with E-state index in [2.05, 4.69) is 12.0 Å². The molecule has 0 spiro atoms. The van der Waals surface area contributed by atoms with Gasteiger partial charge in [0.15, 0.2) is 0 Å². The van der Waals surface area contributed by atoms with Crippen molar-refractivity contribution in [3.63, 3.8) is 0 Å². The Labute approximate surface area is 113 Å². The molecule has 0 radical (unpaired) electrons. The number of hydrogen-bond acceptors (Lipinski definition) is 3. The molecule has 2 N–H and O–H groups in total. The lowest BCUT2D eigenvalue weighted by Gasteiger charge is -2.20. The second-order valence-electron chi connectivity index (χ2n) is 5.11. The highest BCUT2D eigenvalue weighted by atomic mass is 16.5. The van der Waals surface area contributed by atoms with Crippen LogP contribution in [-0.2, 0) is 4.74 Å². The number of nitrogens with zero attached hydrogens (tertiary/aromatic N) is 2. The Morgan fingerprint density at radius 1 is 1.37 bits per heavy atom. The third kappa shape index (κ3) is 2.41. The van der Waals surface area contributed by atoms with Crippen LogP contribution in [0.25, 0.3) is 5.69 Å². The molecule has 0 saturated carbocycles. The Bertz CT molecular complexity index is 537. The van der Waals surface area contributed by atoms with Crippen LogP contribution in [-0.4, -0.2) is 22.5 Å². The molecule has 4 heteroatoms. The van der Waals surface area contributed by atoms with Crippen molar-refractivity contribution in [2.24, 2.45) is 11.7 Å². The Kier molecular flexibility index (Phi) is 3.36. The van der Waals surface area contributed by atoms with E-state index < -0.39 is 0 Å². The van der Waals surface area contributed by atoms with E-state index in [1.165, 1.54) is 0 Å². The summed E-state index contributed by atoms with van der Waals surface area (Å²) in [7, 11) is 0. The molecule has 3 unspecified atom stereocenters. The number of para-hydroxylation sites is 1. The van der Waals surface area contributed by atoms with Crippen LogP contribution in [0.5, 0.6) is 0 Å². The van der Waals surface area contributed by atoms with E-state index in [-0.39, 0.29) is 12.1 Å². The number of rotatable bonds is 3. The third-order valence-corrected chi connectivity index (χ3v) is 3.90. The summed E-state index contributed by atoms with van der Waals surface area (Å²) >= 11 is 0. The maximum atomic E-state index is 6.35. The molecule has 2 heterocycles. The standard InChI is InChI=1S/C15H19N3O/c1-11-14(7-8-19-11)15(16)12-9-17-18(10-12)13-5-3-2-4-6-13/h2-6,9-11,14-15H,7-8,16H2,1H3. The summed E-state index contributed by atoms with van der Waals surface area (Å²) in [5, 5.41) is 4.40. The van der Waals surface area contributed by atoms with Crippen molar-refractivity contribution in [1.82, 2.24) is 9.78 Å². The van der Waals surface area contributed by atoms with Crippen LogP contribution in [0.1, 0.15) is 24.9 Å². The van der Waals surface area contributed by atoms with E-state index in [9.17, 15) is 0 Å². The molecule has 0 bridgehead atoms. The van der Waals surface area contributed by atoms with E-state index in [0.717, 1.165) is 24.3 Å². The quantitative estimate of drug-likeness (QED) is 0.918. The van der Waals surface area contributed by atoms with E-state index in [4.69, 9.17) is 10.5 Å². The second-order valence-corrected chi connectivity index (χ2v) is 5.11. The molecule has 1 aliphatic heterocycles. The van der Waals surface area contributed by atoms with Gasteiger partial charge in [0.25, 0.3) is 0 Å². The minimum atomic E-state index is -0.00466. The summed E-state index contributed by atoms with van der Waals surface area (Å²) in [6, 6.07) is 10.1. The first-order valence-corrected chi connectivity index (χ1v) is 6.73. The van der Waals surface area contributed by atoms with Crippen LogP contribution in [0.4, 0.5) is 0 Å². The van der Waals surface area contributed by atoms with Gasteiger partial charge in [0.2, 0.25) is 0 Å². The first kappa shape index (κ1) is 12.4. The minimum Gasteiger partial charge on any atom is -0.378 e. The monoisotopic (exact) mass is 257 g/mol. The molecule has 0 amide bonds. The van der Waals surface area contributed by atoms with Crippen LogP contribution in [0.3, 0.4) is 0 Å². The van der Waals surface area contributed by atoms with Crippen molar-refractivity contribution in [2.45, 2.75) is 25.5 Å². The highest BCUT2D eigenvalue weighted by molar-refractivity contribution is 5.31. The van der Waals surface area contributed by atoms with E-state index in [0.29, 0.717) is 5.92 Å². The summed E-state index contributed by atoms with van der Waals surface area (Å²) in [6.45, 7) is 2.91. The molecule has 1 fully saturated rings. The lowest BCUT2D eigenvalue weighted by atomic mass is 9.91. The fourth-order valence-electron chi connectivity index (χ4n) is 2.70. The van der Waals surface area contributed by atoms with Crippen LogP contribution in [0.2, 0.25) is 0 Å². The van der Waals surface area contributed by atoms with Crippen LogP contribution in [0, 0.1) is 5.92 Å². The predicted molar refractivity (Wildman–Crippen MR) is 74.0 cm³/mol. The molecule has 1 aliphatic rings. The van der Waals surface area contributed by atoms with Crippen LogP contribution >= 0.6 is 0 Å². The van der Waals surface area contributed by atoms with Gasteiger partial charge in [-0.2, -0.15) is 5.10 Å². The Morgan fingerprint density at radius 3 is 2.84 bits per heavy atom. The Morgan fingerprint density at radius 2 is 2.16 bits per heavy atom. The van der Waals surface area contributed by atoms with Gasteiger partial charge in [-0.25, -0.2) is 4.68 Å². The lowest BCUT2D eigenvalue weighted by Crippen LogP contribution is -2.26. The third-order valence-electron chi connectivity index (χ3n) is 3.90. The average molecular weight is 257 g/mol. The molecule has 3 atom stereocenters. The van der Waals surface area contributed by atoms with Gasteiger partial charge >= 0.3 is 0 Å². The van der Waals surface area contributed by atoms with Gasteiger partial charge in [0.1, 0.15) is 0 Å². The number of hydrogen-bond donors (Lipinski definition) is 1. The Balaban J connectivity index is 1.81. The van der Waals surface area contributed by atoms with E-state index >= 15 is 0 Å². The summed E-state index contributed by atoms with van der Waals surface area (Å²) in [6.07, 6.45) is 5.14. The highest BCUT2D eigenvalue weighted by Crippen LogP contribution is 2.31. The zero-order valence-electron chi connectivity index (χ0n) is 11.1. The summed E-state index contributed by atoms with van der Waals surface area (Å²) in [4.78, 5) is 0. The first-order valence-electron chi connectivity index (χ1n) is 6.73. The fraction of sp³-hybridized carbons (Fsp3) is 0.400. The van der Waals surface area contributed by atoms with Crippen molar-refractivity contribution in [2.75, 3.05) is 6.61 Å². The molecule has 4 nitrogen and oxygen atoms in total. The summed E-state index contributed by atoms with van der Waals surface area (Å²) in [5.41, 5.74) is 8.48. The number of aromatic nitrogens is 2. The normalized spacial score (nSPS) is 24.5. The zero-order valence-corrected chi connectivity index (χ0v) is 11.1. The number of nitrogens with two attached hydrogens (primary N) is 1. The summed E-state index contributed by atoms with van der Waals surface area (Å²) in [5.74, 6) is 0.383. The minimum absolute atomic E-state index is 0.00466. The SMILES string of the molecule is CC1OCCC1C(N)c1cnn(-c2ccccc2)c1. The van der Waals surface area contributed by atoms with Gasteiger partial charge in [-0.1, -0.05) is 18.2 Å². The van der Waals surface area contributed by atoms with Crippen molar-refractivity contribution >= 4 is 0 Å². The molecule has 1 aromatic heterocycles. The molecular weight excluding hydrogens is 238 g/mol. The molecule has 1 saturated heterocycles. The Hall–Kier alpha value is -1.65. The van der Waals surface area contributed by atoms with Gasteiger partial charge < -0.3 is 10.5 Å². The smallest absolute Gasteiger partial charge is 0.0645 e. The first-order chi connectivity index (χ1) is 9.25. The van der Waals surface area contributed by atoms with Crippen molar-refractivity contribution < 1.29 is 4.74 Å². The molecule has 0 aliphatic carbocycles. The van der Waals surface area contributed by atoms with E-state index in [1.807, 2.05) is 47.4 Å². The zero-order chi connectivity index (χ0) is 13.2. The van der Waals surface area contributed by atoms with E-state index in [1.54, 1.807) is 0 Å². The van der Waals surface area contributed by atoms with Gasteiger partial charge in [0, 0.05) is 30.3 Å². The van der Waals surface area contributed by atoms with Crippen LogP contribution < -0.4 is 5.73 Å². The molecule has 3 rings (SSSR count). The van der Waals surface area contributed by atoms with Crippen LogP contribution in [0.15, 0.2) is 42.7 Å². The predicted octanol–water partition coefficient (Wildman–Crippen LogP) is 2.30. The van der Waals surface area contributed by atoms with Crippen molar-refractivity contribution in [3.05, 3.63) is 48.3 Å². The van der Waals surface area contributed by atoms with Gasteiger partial charge in [-0.05, 0) is 25.5 Å². The lowest BCUT2D eigenvalue weighted by molar-refractivity contribution is 0.0995. The molecule has 100 valence electrons. The van der Waals surface area contributed by atoms with Crippen molar-refractivity contribution in [1.29, 1.82) is 0 Å². The topological polar surface area (TPSA) is 53.1 Å². The van der Waals surface area contributed by atoms with Gasteiger partial charge in [0.05, 0.1) is 18.0 Å². The number of ether oxygens (including phenoxy) is 1. The van der Waals surface area contributed by atoms with Crippen molar-refractivity contribution in [3.8, 4) is 5.69 Å².